The van der Waals surface area contributed by atoms with Gasteiger partial charge in [-0.2, -0.15) is 0 Å². The Kier molecular flexibility index (Phi) is 6.40. The Balaban J connectivity index is 2.80. The molecule has 1 amide bonds. The SMILES string of the molecule is CCc1cccc(C[C@@H](NC(=O)OC(C)(C)C)C(=O)OC)c1. The molecule has 1 aromatic rings. The molecular formula is C17H25NO4. The summed E-state index contributed by atoms with van der Waals surface area (Å²) in [6.45, 7) is 7.37. The number of carbonyl (C=O) groups excluding carboxylic acids is 2. The van der Waals surface area contributed by atoms with E-state index in [-0.39, 0.29) is 0 Å². The highest BCUT2D eigenvalue weighted by Crippen LogP contribution is 2.11. The molecule has 5 heteroatoms. The Morgan fingerprint density at radius 3 is 2.41 bits per heavy atom. The van der Waals surface area contributed by atoms with Gasteiger partial charge in [0.05, 0.1) is 7.11 Å². The Hall–Kier alpha value is -2.04. The predicted octanol–water partition coefficient (Wildman–Crippen LogP) is 2.86. The molecule has 0 unspecified atom stereocenters. The number of alkyl carbamates (subject to hydrolysis) is 1. The number of esters is 1. The third-order valence-corrected chi connectivity index (χ3v) is 3.02. The fraction of sp³-hybridized carbons (Fsp3) is 0.529. The first-order chi connectivity index (χ1) is 10.2. The molecule has 0 saturated carbocycles. The molecule has 122 valence electrons. The van der Waals surface area contributed by atoms with Crippen LogP contribution in [0.4, 0.5) is 4.79 Å². The molecule has 0 spiro atoms. The minimum Gasteiger partial charge on any atom is -0.467 e. The summed E-state index contributed by atoms with van der Waals surface area (Å²) in [6.07, 6.45) is 0.644. The van der Waals surface area contributed by atoms with Crippen LogP contribution in [-0.4, -0.2) is 30.8 Å². The number of aryl methyl sites for hydroxylation is 1. The highest BCUT2D eigenvalue weighted by Gasteiger charge is 2.25. The molecular weight excluding hydrogens is 282 g/mol. The van der Waals surface area contributed by atoms with Crippen LogP contribution in [0.5, 0.6) is 0 Å². The van der Waals surface area contributed by atoms with E-state index in [9.17, 15) is 9.59 Å². The zero-order chi connectivity index (χ0) is 16.8. The first-order valence-corrected chi connectivity index (χ1v) is 7.40. The van der Waals surface area contributed by atoms with Crippen LogP contribution >= 0.6 is 0 Å². The third kappa shape index (κ3) is 6.16. The number of amides is 1. The number of ether oxygens (including phenoxy) is 2. The summed E-state index contributed by atoms with van der Waals surface area (Å²) in [5, 5.41) is 2.57. The van der Waals surface area contributed by atoms with Gasteiger partial charge in [-0.1, -0.05) is 31.2 Å². The first-order valence-electron chi connectivity index (χ1n) is 7.40. The molecule has 1 aromatic carbocycles. The van der Waals surface area contributed by atoms with Gasteiger partial charge in [-0.05, 0) is 38.3 Å². The summed E-state index contributed by atoms with van der Waals surface area (Å²) in [4.78, 5) is 23.7. The van der Waals surface area contributed by atoms with Crippen LogP contribution in [-0.2, 0) is 27.1 Å². The lowest BCUT2D eigenvalue weighted by Gasteiger charge is -2.22. The van der Waals surface area contributed by atoms with Crippen LogP contribution in [0.3, 0.4) is 0 Å². The van der Waals surface area contributed by atoms with Crippen LogP contribution in [0.15, 0.2) is 24.3 Å². The van der Waals surface area contributed by atoms with E-state index in [0.717, 1.165) is 12.0 Å². The van der Waals surface area contributed by atoms with Gasteiger partial charge in [0.15, 0.2) is 0 Å². The molecule has 0 aliphatic carbocycles. The average Bonchev–Trinajstić information content (AvgIpc) is 2.44. The van der Waals surface area contributed by atoms with E-state index in [1.807, 2.05) is 24.3 Å². The van der Waals surface area contributed by atoms with Crippen LogP contribution in [0, 0.1) is 0 Å². The highest BCUT2D eigenvalue weighted by molar-refractivity contribution is 5.81. The molecule has 0 aliphatic heterocycles. The van der Waals surface area contributed by atoms with E-state index in [0.29, 0.717) is 6.42 Å². The Morgan fingerprint density at radius 2 is 1.86 bits per heavy atom. The quantitative estimate of drug-likeness (QED) is 0.850. The highest BCUT2D eigenvalue weighted by atomic mass is 16.6. The molecule has 0 aromatic heterocycles. The van der Waals surface area contributed by atoms with Crippen molar-refractivity contribution in [3.63, 3.8) is 0 Å². The van der Waals surface area contributed by atoms with Gasteiger partial charge in [0, 0.05) is 6.42 Å². The second-order valence-corrected chi connectivity index (χ2v) is 6.10. The molecule has 0 fully saturated rings. The zero-order valence-corrected chi connectivity index (χ0v) is 13.9. The van der Waals surface area contributed by atoms with Crippen molar-refractivity contribution in [2.45, 2.75) is 52.2 Å². The van der Waals surface area contributed by atoms with Crippen molar-refractivity contribution < 1.29 is 19.1 Å². The number of hydrogen-bond acceptors (Lipinski definition) is 4. The van der Waals surface area contributed by atoms with Crippen LogP contribution < -0.4 is 5.32 Å². The summed E-state index contributed by atoms with van der Waals surface area (Å²) in [6, 6.07) is 7.14. The van der Waals surface area contributed by atoms with Gasteiger partial charge < -0.3 is 14.8 Å². The molecule has 0 radical (unpaired) electrons. The molecule has 22 heavy (non-hydrogen) atoms. The van der Waals surface area contributed by atoms with E-state index in [1.54, 1.807) is 20.8 Å². The lowest BCUT2D eigenvalue weighted by atomic mass is 10.0. The fourth-order valence-corrected chi connectivity index (χ4v) is 2.00. The first kappa shape index (κ1) is 18.0. The fourth-order valence-electron chi connectivity index (χ4n) is 2.00. The number of hydrogen-bond donors (Lipinski definition) is 1. The van der Waals surface area contributed by atoms with Crippen molar-refractivity contribution in [2.75, 3.05) is 7.11 Å². The molecule has 5 nitrogen and oxygen atoms in total. The third-order valence-electron chi connectivity index (χ3n) is 3.02. The van der Waals surface area contributed by atoms with Gasteiger partial charge in [0.25, 0.3) is 0 Å². The van der Waals surface area contributed by atoms with Gasteiger partial charge in [0.2, 0.25) is 0 Å². The maximum Gasteiger partial charge on any atom is 0.408 e. The lowest BCUT2D eigenvalue weighted by molar-refractivity contribution is -0.143. The largest absolute Gasteiger partial charge is 0.467 e. The summed E-state index contributed by atoms with van der Waals surface area (Å²) in [7, 11) is 1.30. The standard InChI is InChI=1S/C17H25NO4/c1-6-12-8-7-9-13(10-12)11-14(15(19)21-5)18-16(20)22-17(2,3)4/h7-10,14H,6,11H2,1-5H3,(H,18,20)/t14-/m1/s1. The maximum atomic E-state index is 11.9. The monoisotopic (exact) mass is 307 g/mol. The van der Waals surface area contributed by atoms with E-state index in [4.69, 9.17) is 9.47 Å². The van der Waals surface area contributed by atoms with E-state index in [2.05, 4.69) is 12.2 Å². The van der Waals surface area contributed by atoms with Crippen molar-refractivity contribution in [3.8, 4) is 0 Å². The Morgan fingerprint density at radius 1 is 1.23 bits per heavy atom. The predicted molar refractivity (Wildman–Crippen MR) is 84.7 cm³/mol. The minimum atomic E-state index is -0.771. The number of methoxy groups -OCH3 is 1. The normalized spacial score (nSPS) is 12.4. The van der Waals surface area contributed by atoms with Gasteiger partial charge in [0.1, 0.15) is 11.6 Å². The minimum absolute atomic E-state index is 0.361. The van der Waals surface area contributed by atoms with Gasteiger partial charge >= 0.3 is 12.1 Å². The topological polar surface area (TPSA) is 64.6 Å². The number of benzene rings is 1. The molecule has 1 atom stereocenters. The number of rotatable bonds is 5. The number of carbonyl (C=O) groups is 2. The molecule has 0 heterocycles. The van der Waals surface area contributed by atoms with Crippen LogP contribution in [0.2, 0.25) is 0 Å². The van der Waals surface area contributed by atoms with E-state index >= 15 is 0 Å². The van der Waals surface area contributed by atoms with E-state index in [1.165, 1.54) is 12.7 Å². The number of nitrogens with one attached hydrogen (secondary N) is 1. The Labute approximate surface area is 132 Å². The second kappa shape index (κ2) is 7.82. The maximum absolute atomic E-state index is 11.9. The molecule has 0 saturated heterocycles. The lowest BCUT2D eigenvalue weighted by Crippen LogP contribution is -2.45. The smallest absolute Gasteiger partial charge is 0.408 e. The molecule has 0 bridgehead atoms. The van der Waals surface area contributed by atoms with Gasteiger partial charge in [-0.25, -0.2) is 9.59 Å². The van der Waals surface area contributed by atoms with Crippen molar-refractivity contribution in [1.82, 2.24) is 5.32 Å². The average molecular weight is 307 g/mol. The summed E-state index contributed by atoms with van der Waals surface area (Å²) < 4.78 is 9.95. The summed E-state index contributed by atoms with van der Waals surface area (Å²) in [5.74, 6) is -0.493. The Bertz CT molecular complexity index is 520. The van der Waals surface area contributed by atoms with Crippen molar-refractivity contribution in [3.05, 3.63) is 35.4 Å². The molecule has 0 aliphatic rings. The van der Waals surface area contributed by atoms with Crippen LogP contribution in [0.25, 0.3) is 0 Å². The summed E-state index contributed by atoms with van der Waals surface area (Å²) >= 11 is 0. The second-order valence-electron chi connectivity index (χ2n) is 6.10. The van der Waals surface area contributed by atoms with E-state index < -0.39 is 23.7 Å². The molecule has 1 rings (SSSR count). The van der Waals surface area contributed by atoms with Gasteiger partial charge in [-0.15, -0.1) is 0 Å². The van der Waals surface area contributed by atoms with Crippen LogP contribution in [0.1, 0.15) is 38.8 Å². The van der Waals surface area contributed by atoms with Gasteiger partial charge in [-0.3, -0.25) is 0 Å². The van der Waals surface area contributed by atoms with Crippen molar-refractivity contribution in [2.24, 2.45) is 0 Å². The van der Waals surface area contributed by atoms with Crippen molar-refractivity contribution >= 4 is 12.1 Å². The van der Waals surface area contributed by atoms with Crippen molar-refractivity contribution in [1.29, 1.82) is 0 Å². The zero-order valence-electron chi connectivity index (χ0n) is 13.9. The molecule has 1 N–H and O–H groups in total. The summed E-state index contributed by atoms with van der Waals surface area (Å²) in [5.41, 5.74) is 1.52.